The van der Waals surface area contributed by atoms with Gasteiger partial charge in [0.1, 0.15) is 10.1 Å². The molecule has 0 bridgehead atoms. The molecule has 0 aliphatic carbocycles. The summed E-state index contributed by atoms with van der Waals surface area (Å²) in [6.07, 6.45) is 21.0. The van der Waals surface area contributed by atoms with Crippen molar-refractivity contribution in [3.63, 3.8) is 0 Å². The predicted octanol–water partition coefficient (Wildman–Crippen LogP) is 6.11. The molecule has 2 aromatic carbocycles. The third kappa shape index (κ3) is 12.1. The van der Waals surface area contributed by atoms with Crippen molar-refractivity contribution in [1.82, 2.24) is 0 Å². The van der Waals surface area contributed by atoms with Crippen LogP contribution in [0.25, 0.3) is 10.8 Å². The summed E-state index contributed by atoms with van der Waals surface area (Å²) in [6, 6.07) is 9.80. The van der Waals surface area contributed by atoms with Crippen LogP contribution in [0.15, 0.2) is 35.2 Å². The van der Waals surface area contributed by atoms with Gasteiger partial charge in [-0.15, -0.1) is 0 Å². The third-order valence-electron chi connectivity index (χ3n) is 7.02. The Kier molecular flexibility index (Phi) is 17.5. The van der Waals surface area contributed by atoms with Gasteiger partial charge in [0.15, 0.2) is 0 Å². The molecule has 0 saturated carbocycles. The van der Waals surface area contributed by atoms with Gasteiger partial charge in [0.2, 0.25) is 0 Å². The van der Waals surface area contributed by atoms with Crippen molar-refractivity contribution in [2.75, 3.05) is 0 Å². The van der Waals surface area contributed by atoms with Crippen LogP contribution in [-0.2, 0) is 23.0 Å². The van der Waals surface area contributed by atoms with Crippen LogP contribution in [0, 0.1) is 0 Å². The zero-order valence-corrected chi connectivity index (χ0v) is 25.6. The number of hydrogen-bond acceptors (Lipinski definition) is 3. The zero-order valence-electron chi connectivity index (χ0n) is 22.7. The van der Waals surface area contributed by atoms with Gasteiger partial charge in [0.05, 0.1) is 4.90 Å². The molecular formula is C30H47NaO3S. The van der Waals surface area contributed by atoms with Crippen LogP contribution < -0.4 is 29.6 Å². The second kappa shape index (κ2) is 18.8. The molecule has 0 aliphatic rings. The fourth-order valence-corrected chi connectivity index (χ4v) is 6.04. The molecule has 2 rings (SSSR count). The summed E-state index contributed by atoms with van der Waals surface area (Å²) in [6.45, 7) is 4.47. The summed E-state index contributed by atoms with van der Waals surface area (Å²) in [5.74, 6) is 0. The molecule has 35 heavy (non-hydrogen) atoms. The standard InChI is InChI=1S/C30H48O3S.Na/c1-3-5-7-9-11-13-15-17-20-26-22-19-23-27-24-25-28(30(29(26)27)34(31,32)33)21-18-16-14-12-10-8-6-4-2;/h19,22-25H,3-18,20-21H2,1-2H3,(H,31,32,33);/q;+1/p-1. The van der Waals surface area contributed by atoms with E-state index in [4.69, 9.17) is 0 Å². The number of fused-ring (bicyclic) bond motifs is 1. The van der Waals surface area contributed by atoms with Crippen molar-refractivity contribution < 1.29 is 42.5 Å². The first-order valence-electron chi connectivity index (χ1n) is 14.0. The first kappa shape index (κ1) is 32.6. The Morgan fingerprint density at radius 1 is 0.600 bits per heavy atom. The van der Waals surface area contributed by atoms with Crippen molar-refractivity contribution in [2.45, 2.75) is 134 Å². The summed E-state index contributed by atoms with van der Waals surface area (Å²) >= 11 is 0. The first-order chi connectivity index (χ1) is 16.5. The minimum Gasteiger partial charge on any atom is -0.744 e. The van der Waals surface area contributed by atoms with E-state index in [0.717, 1.165) is 43.1 Å². The molecule has 3 nitrogen and oxygen atoms in total. The maximum Gasteiger partial charge on any atom is 1.00 e. The van der Waals surface area contributed by atoms with Crippen LogP contribution in [-0.4, -0.2) is 13.0 Å². The van der Waals surface area contributed by atoms with Crippen molar-refractivity contribution in [3.8, 4) is 0 Å². The zero-order chi connectivity index (χ0) is 24.7. The molecule has 0 aromatic heterocycles. The van der Waals surface area contributed by atoms with Gasteiger partial charge in [-0.25, -0.2) is 8.42 Å². The van der Waals surface area contributed by atoms with Crippen molar-refractivity contribution >= 4 is 20.9 Å². The molecule has 0 saturated heterocycles. The molecule has 0 spiro atoms. The van der Waals surface area contributed by atoms with E-state index in [9.17, 15) is 13.0 Å². The molecule has 0 radical (unpaired) electrons. The van der Waals surface area contributed by atoms with Crippen LogP contribution in [0.2, 0.25) is 0 Å². The Balaban J connectivity index is 0.00000612. The van der Waals surface area contributed by atoms with E-state index in [0.29, 0.717) is 17.4 Å². The second-order valence-corrected chi connectivity index (χ2v) is 11.3. The molecule has 2 aromatic rings. The Morgan fingerprint density at radius 2 is 1.06 bits per heavy atom. The van der Waals surface area contributed by atoms with Gasteiger partial charge in [0.25, 0.3) is 0 Å². The third-order valence-corrected chi connectivity index (χ3v) is 7.98. The maximum absolute atomic E-state index is 12.4. The van der Waals surface area contributed by atoms with Gasteiger partial charge < -0.3 is 4.55 Å². The SMILES string of the molecule is CCCCCCCCCCc1ccc2cccc(CCCCCCCCCC)c2c1S(=O)(=O)[O-].[Na+]. The van der Waals surface area contributed by atoms with E-state index in [1.54, 1.807) is 0 Å². The Labute approximate surface area is 237 Å². The number of hydrogen-bond donors (Lipinski definition) is 0. The average Bonchev–Trinajstić information content (AvgIpc) is 2.81. The van der Waals surface area contributed by atoms with Gasteiger partial charge >= 0.3 is 29.6 Å². The smallest absolute Gasteiger partial charge is 0.744 e. The van der Waals surface area contributed by atoms with Crippen molar-refractivity contribution in [1.29, 1.82) is 0 Å². The molecule has 0 fully saturated rings. The minimum absolute atomic E-state index is 0. The molecule has 5 heteroatoms. The molecular weight excluding hydrogens is 463 g/mol. The monoisotopic (exact) mass is 510 g/mol. The second-order valence-electron chi connectivity index (χ2n) is 9.97. The van der Waals surface area contributed by atoms with Crippen LogP contribution in [0.1, 0.15) is 128 Å². The number of benzene rings is 2. The van der Waals surface area contributed by atoms with E-state index in [1.807, 2.05) is 30.3 Å². The van der Waals surface area contributed by atoms with Gasteiger partial charge in [0, 0.05) is 5.39 Å². The van der Waals surface area contributed by atoms with Crippen LogP contribution in [0.3, 0.4) is 0 Å². The van der Waals surface area contributed by atoms with E-state index < -0.39 is 10.1 Å². The van der Waals surface area contributed by atoms with Gasteiger partial charge in [-0.3, -0.25) is 0 Å². The fraction of sp³-hybridized carbons (Fsp3) is 0.667. The molecule has 0 unspecified atom stereocenters. The summed E-state index contributed by atoms with van der Waals surface area (Å²) in [7, 11) is -4.54. The van der Waals surface area contributed by atoms with E-state index in [1.165, 1.54) is 77.0 Å². The maximum atomic E-state index is 12.4. The fourth-order valence-electron chi connectivity index (χ4n) is 5.05. The number of rotatable bonds is 19. The minimum atomic E-state index is -4.54. The number of aryl methyl sites for hydroxylation is 2. The van der Waals surface area contributed by atoms with Crippen LogP contribution >= 0.6 is 0 Å². The average molecular weight is 511 g/mol. The molecule has 0 N–H and O–H groups in total. The van der Waals surface area contributed by atoms with Gasteiger partial charge in [-0.1, -0.05) is 134 Å². The van der Waals surface area contributed by atoms with Gasteiger partial charge in [-0.05, 0) is 42.2 Å². The quantitative estimate of drug-likeness (QED) is 0.130. The summed E-state index contributed by atoms with van der Waals surface area (Å²) in [5, 5.41) is 1.55. The Bertz CT molecular complexity index is 940. The molecule has 0 heterocycles. The summed E-state index contributed by atoms with van der Waals surface area (Å²) in [4.78, 5) is 0.0445. The van der Waals surface area contributed by atoms with Crippen LogP contribution in [0.5, 0.6) is 0 Å². The summed E-state index contributed by atoms with van der Waals surface area (Å²) in [5.41, 5.74) is 1.72. The topological polar surface area (TPSA) is 57.2 Å². The largest absolute Gasteiger partial charge is 1.00 e. The molecule has 0 aliphatic heterocycles. The van der Waals surface area contributed by atoms with E-state index >= 15 is 0 Å². The van der Waals surface area contributed by atoms with E-state index in [-0.39, 0.29) is 34.5 Å². The Hall–Kier alpha value is -0.390. The van der Waals surface area contributed by atoms with Crippen molar-refractivity contribution in [3.05, 3.63) is 41.5 Å². The molecule has 192 valence electrons. The van der Waals surface area contributed by atoms with Crippen molar-refractivity contribution in [2.24, 2.45) is 0 Å². The Morgan fingerprint density at radius 3 is 1.54 bits per heavy atom. The van der Waals surface area contributed by atoms with Crippen LogP contribution in [0.4, 0.5) is 0 Å². The number of unbranched alkanes of at least 4 members (excludes halogenated alkanes) is 14. The molecule has 0 amide bonds. The predicted molar refractivity (Wildman–Crippen MR) is 145 cm³/mol. The first-order valence-corrected chi connectivity index (χ1v) is 15.4. The molecule has 0 atom stereocenters. The summed E-state index contributed by atoms with van der Waals surface area (Å²) < 4.78 is 37.2. The normalized spacial score (nSPS) is 11.6. The van der Waals surface area contributed by atoms with Gasteiger partial charge in [-0.2, -0.15) is 0 Å². The van der Waals surface area contributed by atoms with E-state index in [2.05, 4.69) is 13.8 Å².